The lowest BCUT2D eigenvalue weighted by molar-refractivity contribution is -0.133. The second-order valence-electron chi connectivity index (χ2n) is 6.47. The Bertz CT molecular complexity index is 678. The molecular weight excluding hydrogens is 262 g/mol. The van der Waals surface area contributed by atoms with Crippen LogP contribution < -0.4 is 0 Å². The maximum Gasteiger partial charge on any atom is 0.331 e. The largest absolute Gasteiger partial charge is 0.478 e. The van der Waals surface area contributed by atoms with Gasteiger partial charge in [-0.1, -0.05) is 51.6 Å². The second kappa shape index (κ2) is 5.68. The van der Waals surface area contributed by atoms with E-state index in [2.05, 4.69) is 17.6 Å². The summed E-state index contributed by atoms with van der Waals surface area (Å²) in [5.41, 5.74) is 1.15. The predicted octanol–water partition coefficient (Wildman–Crippen LogP) is 4.08. The summed E-state index contributed by atoms with van der Waals surface area (Å²) in [6.07, 6.45) is 4.29. The first kappa shape index (κ1) is 15.2. The first-order valence-electron chi connectivity index (χ1n) is 7.04. The number of nitrogens with zero attached hydrogens (tertiary/aromatic N) is 1. The third kappa shape index (κ3) is 3.30. The monoisotopic (exact) mass is 283 g/mol. The van der Waals surface area contributed by atoms with E-state index in [4.69, 9.17) is 0 Å². The quantitative estimate of drug-likeness (QED) is 0.860. The zero-order chi connectivity index (χ0) is 15.6. The molecule has 1 atom stereocenters. The lowest BCUT2D eigenvalue weighted by Crippen LogP contribution is -2.27. The van der Waals surface area contributed by atoms with Gasteiger partial charge >= 0.3 is 5.97 Å². The van der Waals surface area contributed by atoms with E-state index in [1.165, 1.54) is 0 Å². The number of fused-ring (bicyclic) bond motifs is 1. The van der Waals surface area contributed by atoms with Gasteiger partial charge in [0.15, 0.2) is 0 Å². The number of hydrogen-bond acceptors (Lipinski definition) is 2. The number of aromatic nitrogens is 1. The Labute approximate surface area is 125 Å². The highest BCUT2D eigenvalue weighted by molar-refractivity contribution is 5.87. The molecule has 1 unspecified atom stereocenters. The fraction of sp³-hybridized carbons (Fsp3) is 0.333. The van der Waals surface area contributed by atoms with Crippen molar-refractivity contribution in [1.29, 1.82) is 0 Å². The molecular formula is C18H21NO2. The zero-order valence-corrected chi connectivity index (χ0v) is 12.8. The SMILES string of the molecule is C=C(C(=O)O)C(Cc1cncc2ccccc12)C(C)(C)C. The molecule has 0 aliphatic rings. The molecule has 21 heavy (non-hydrogen) atoms. The van der Waals surface area contributed by atoms with Crippen LogP contribution in [0.5, 0.6) is 0 Å². The number of carboxylic acid groups (broad SMARTS) is 1. The molecule has 0 bridgehead atoms. The molecule has 2 rings (SSSR count). The number of aliphatic carboxylic acids is 1. The van der Waals surface area contributed by atoms with Crippen LogP contribution in [0, 0.1) is 11.3 Å². The topological polar surface area (TPSA) is 50.2 Å². The van der Waals surface area contributed by atoms with E-state index < -0.39 is 5.97 Å². The first-order valence-corrected chi connectivity index (χ1v) is 7.04. The number of benzene rings is 1. The number of pyridine rings is 1. The van der Waals surface area contributed by atoms with Crippen LogP contribution in [-0.4, -0.2) is 16.1 Å². The highest BCUT2D eigenvalue weighted by Gasteiger charge is 2.30. The van der Waals surface area contributed by atoms with Crippen molar-refractivity contribution in [2.75, 3.05) is 0 Å². The highest BCUT2D eigenvalue weighted by Crippen LogP contribution is 2.35. The standard InChI is InChI=1S/C18H21NO2/c1-12(17(20)21)16(18(2,3)4)9-14-11-19-10-13-7-5-6-8-15(13)14/h5-8,10-11,16H,1,9H2,2-4H3,(H,20,21). The fourth-order valence-corrected chi connectivity index (χ4v) is 2.66. The van der Waals surface area contributed by atoms with Gasteiger partial charge in [-0.15, -0.1) is 0 Å². The molecule has 1 aromatic carbocycles. The molecule has 0 fully saturated rings. The molecule has 0 aliphatic heterocycles. The van der Waals surface area contributed by atoms with Gasteiger partial charge in [0.25, 0.3) is 0 Å². The molecule has 0 radical (unpaired) electrons. The van der Waals surface area contributed by atoms with Gasteiger partial charge in [-0.05, 0) is 28.7 Å². The number of carbonyl (C=O) groups is 1. The van der Waals surface area contributed by atoms with E-state index in [9.17, 15) is 9.90 Å². The van der Waals surface area contributed by atoms with E-state index >= 15 is 0 Å². The number of hydrogen-bond donors (Lipinski definition) is 1. The van der Waals surface area contributed by atoms with Crippen LogP contribution in [0.4, 0.5) is 0 Å². The van der Waals surface area contributed by atoms with E-state index in [0.717, 1.165) is 16.3 Å². The lowest BCUT2D eigenvalue weighted by atomic mass is 9.73. The molecule has 1 N–H and O–H groups in total. The Kier molecular flexibility index (Phi) is 4.12. The molecule has 110 valence electrons. The molecule has 0 saturated carbocycles. The maximum absolute atomic E-state index is 11.3. The lowest BCUT2D eigenvalue weighted by Gasteiger charge is -2.31. The molecule has 1 aromatic heterocycles. The summed E-state index contributed by atoms with van der Waals surface area (Å²) in [7, 11) is 0. The van der Waals surface area contributed by atoms with Crippen molar-refractivity contribution in [2.45, 2.75) is 27.2 Å². The summed E-state index contributed by atoms with van der Waals surface area (Å²) < 4.78 is 0. The Morgan fingerprint density at radius 2 is 1.95 bits per heavy atom. The Hall–Kier alpha value is -2.16. The van der Waals surface area contributed by atoms with Crippen molar-refractivity contribution in [3.05, 3.63) is 54.4 Å². The zero-order valence-electron chi connectivity index (χ0n) is 12.8. The normalized spacial score (nSPS) is 13.1. The van der Waals surface area contributed by atoms with Crippen molar-refractivity contribution in [3.63, 3.8) is 0 Å². The van der Waals surface area contributed by atoms with Crippen molar-refractivity contribution in [3.8, 4) is 0 Å². The minimum atomic E-state index is -0.928. The van der Waals surface area contributed by atoms with Crippen LogP contribution in [-0.2, 0) is 11.2 Å². The average molecular weight is 283 g/mol. The Balaban J connectivity index is 2.44. The van der Waals surface area contributed by atoms with Gasteiger partial charge in [-0.3, -0.25) is 4.98 Å². The number of rotatable bonds is 4. The van der Waals surface area contributed by atoms with Gasteiger partial charge < -0.3 is 5.11 Å². The minimum absolute atomic E-state index is 0.136. The highest BCUT2D eigenvalue weighted by atomic mass is 16.4. The summed E-state index contributed by atoms with van der Waals surface area (Å²) in [5.74, 6) is -1.06. The van der Waals surface area contributed by atoms with Gasteiger partial charge in [-0.25, -0.2) is 4.79 Å². The van der Waals surface area contributed by atoms with Crippen molar-refractivity contribution in [1.82, 2.24) is 4.98 Å². The number of carboxylic acids is 1. The Morgan fingerprint density at radius 1 is 1.29 bits per heavy atom. The van der Waals surface area contributed by atoms with Crippen LogP contribution in [0.2, 0.25) is 0 Å². The molecule has 0 saturated heterocycles. The fourth-order valence-electron chi connectivity index (χ4n) is 2.66. The molecule has 3 nitrogen and oxygen atoms in total. The van der Waals surface area contributed by atoms with Crippen molar-refractivity contribution in [2.24, 2.45) is 11.3 Å². The third-order valence-corrected chi connectivity index (χ3v) is 3.92. The van der Waals surface area contributed by atoms with Gasteiger partial charge in [0, 0.05) is 23.4 Å². The van der Waals surface area contributed by atoms with Crippen molar-refractivity contribution >= 4 is 16.7 Å². The van der Waals surface area contributed by atoms with Crippen LogP contribution in [0.25, 0.3) is 10.8 Å². The van der Waals surface area contributed by atoms with E-state index in [1.807, 2.05) is 51.4 Å². The molecule has 2 aromatic rings. The van der Waals surface area contributed by atoms with Gasteiger partial charge in [0.05, 0.1) is 0 Å². The van der Waals surface area contributed by atoms with Gasteiger partial charge in [-0.2, -0.15) is 0 Å². The Morgan fingerprint density at radius 3 is 2.57 bits per heavy atom. The van der Waals surface area contributed by atoms with Crippen LogP contribution >= 0.6 is 0 Å². The molecule has 0 aliphatic carbocycles. The van der Waals surface area contributed by atoms with E-state index in [1.54, 1.807) is 0 Å². The van der Waals surface area contributed by atoms with Crippen molar-refractivity contribution < 1.29 is 9.90 Å². The van der Waals surface area contributed by atoms with E-state index in [-0.39, 0.29) is 16.9 Å². The predicted molar refractivity (Wildman–Crippen MR) is 85.2 cm³/mol. The summed E-state index contributed by atoms with van der Waals surface area (Å²) in [4.78, 5) is 15.6. The summed E-state index contributed by atoms with van der Waals surface area (Å²) >= 11 is 0. The van der Waals surface area contributed by atoms with Gasteiger partial charge in [0.2, 0.25) is 0 Å². The summed E-state index contributed by atoms with van der Waals surface area (Å²) in [6, 6.07) is 8.04. The minimum Gasteiger partial charge on any atom is -0.478 e. The molecule has 0 spiro atoms. The molecule has 0 amide bonds. The van der Waals surface area contributed by atoms with Crippen LogP contribution in [0.1, 0.15) is 26.3 Å². The molecule has 3 heteroatoms. The van der Waals surface area contributed by atoms with Gasteiger partial charge in [0.1, 0.15) is 0 Å². The smallest absolute Gasteiger partial charge is 0.331 e. The molecule has 1 heterocycles. The average Bonchev–Trinajstić information content (AvgIpc) is 2.42. The second-order valence-corrected chi connectivity index (χ2v) is 6.47. The van der Waals surface area contributed by atoms with E-state index in [0.29, 0.717) is 6.42 Å². The maximum atomic E-state index is 11.3. The third-order valence-electron chi connectivity index (χ3n) is 3.92. The first-order chi connectivity index (χ1) is 9.80. The van der Waals surface area contributed by atoms with Crippen LogP contribution in [0.3, 0.4) is 0 Å². The summed E-state index contributed by atoms with van der Waals surface area (Å²) in [5, 5.41) is 11.5. The van der Waals surface area contributed by atoms with Crippen LogP contribution in [0.15, 0.2) is 48.8 Å². The summed E-state index contributed by atoms with van der Waals surface area (Å²) in [6.45, 7) is 9.92.